The number of pyridine rings is 1. The van der Waals surface area contributed by atoms with Gasteiger partial charge >= 0.3 is 0 Å². The molecule has 1 aromatic carbocycles. The fraction of sp³-hybridized carbons (Fsp3) is 0.483. The van der Waals surface area contributed by atoms with E-state index in [9.17, 15) is 32.8 Å². The van der Waals surface area contributed by atoms with E-state index >= 15 is 0 Å². The van der Waals surface area contributed by atoms with Gasteiger partial charge in [-0.25, -0.2) is 13.2 Å². The molecule has 0 atom stereocenters. The fourth-order valence-corrected chi connectivity index (χ4v) is 6.63. The van der Waals surface area contributed by atoms with E-state index in [-0.39, 0.29) is 47.4 Å². The first-order valence-corrected chi connectivity index (χ1v) is 14.0. The van der Waals surface area contributed by atoms with Gasteiger partial charge in [-0.3, -0.25) is 19.4 Å². The number of carbonyl (C=O) groups excluding carboxylic acids is 3. The van der Waals surface area contributed by atoms with E-state index in [2.05, 4.69) is 16.4 Å². The van der Waals surface area contributed by atoms with Gasteiger partial charge in [0.2, 0.25) is 11.8 Å². The Morgan fingerprint density at radius 2 is 1.88 bits per heavy atom. The number of carbonyl (C=O) groups is 3. The van der Waals surface area contributed by atoms with Crippen LogP contribution in [0.5, 0.6) is 0 Å². The largest absolute Gasteiger partial charge is 0.349 e. The van der Waals surface area contributed by atoms with Gasteiger partial charge in [-0.15, -0.1) is 0 Å². The number of aromatic nitrogens is 1. The molecule has 2 aliphatic heterocycles. The first-order chi connectivity index (χ1) is 19.6. The molecule has 1 aromatic heterocycles. The van der Waals surface area contributed by atoms with Gasteiger partial charge in [0.1, 0.15) is 22.3 Å². The lowest BCUT2D eigenvalue weighted by Gasteiger charge is -2.47. The molecule has 41 heavy (non-hydrogen) atoms. The van der Waals surface area contributed by atoms with Crippen molar-refractivity contribution < 1.29 is 27.6 Å². The molecule has 214 valence electrons. The number of hydrogen-bond donors (Lipinski definition) is 1. The van der Waals surface area contributed by atoms with Gasteiger partial charge in [0.25, 0.3) is 12.3 Å². The van der Waals surface area contributed by atoms with Gasteiger partial charge < -0.3 is 15.1 Å². The van der Waals surface area contributed by atoms with E-state index in [1.54, 1.807) is 15.9 Å². The van der Waals surface area contributed by atoms with Crippen LogP contribution in [0.1, 0.15) is 66.6 Å². The molecule has 3 amide bonds. The number of hydrogen-bond acceptors (Lipinski definition) is 5. The van der Waals surface area contributed by atoms with Crippen molar-refractivity contribution in [3.8, 4) is 6.07 Å². The zero-order valence-corrected chi connectivity index (χ0v) is 22.8. The minimum atomic E-state index is -2.92. The van der Waals surface area contributed by atoms with E-state index in [1.807, 2.05) is 0 Å². The molecule has 3 fully saturated rings. The van der Waals surface area contributed by atoms with E-state index in [0.717, 1.165) is 6.20 Å². The SMILES string of the molecule is N#CC1(C(=O)N2CC3(C2)C(=O)N(CC2CCC(NC(=O)c4cc(Cl)cnc4C(F)F)CC2)c2cc(F)ccc23)CC1. The highest BCUT2D eigenvalue weighted by molar-refractivity contribution is 6.30. The molecule has 4 aliphatic rings. The highest BCUT2D eigenvalue weighted by Gasteiger charge is 2.63. The molecule has 12 heteroatoms. The molecule has 3 heterocycles. The Morgan fingerprint density at radius 1 is 1.17 bits per heavy atom. The van der Waals surface area contributed by atoms with Gasteiger partial charge in [-0.1, -0.05) is 17.7 Å². The second-order valence-corrected chi connectivity index (χ2v) is 12.0. The summed E-state index contributed by atoms with van der Waals surface area (Å²) in [6.07, 6.45) is 1.70. The summed E-state index contributed by atoms with van der Waals surface area (Å²) in [6.45, 7) is 0.698. The van der Waals surface area contributed by atoms with Crippen LogP contribution in [-0.4, -0.2) is 53.3 Å². The fourth-order valence-electron chi connectivity index (χ4n) is 6.47. The summed E-state index contributed by atoms with van der Waals surface area (Å²) in [7, 11) is 0. The average molecular weight is 586 g/mol. The maximum atomic E-state index is 14.3. The predicted molar refractivity (Wildman–Crippen MR) is 142 cm³/mol. The first-order valence-electron chi connectivity index (χ1n) is 13.6. The number of nitriles is 1. The van der Waals surface area contributed by atoms with Crippen LogP contribution in [0.3, 0.4) is 0 Å². The number of benzene rings is 1. The van der Waals surface area contributed by atoms with Crippen molar-refractivity contribution in [2.24, 2.45) is 11.3 Å². The minimum absolute atomic E-state index is 0.0777. The molecular formula is C29H27ClF3N5O3. The van der Waals surface area contributed by atoms with Gasteiger partial charge in [-0.2, -0.15) is 5.26 Å². The van der Waals surface area contributed by atoms with Crippen LogP contribution in [0.15, 0.2) is 30.5 Å². The van der Waals surface area contributed by atoms with Crippen LogP contribution in [-0.2, 0) is 15.0 Å². The van der Waals surface area contributed by atoms with Gasteiger partial charge in [0.05, 0.1) is 22.3 Å². The molecule has 0 radical (unpaired) electrons. The highest BCUT2D eigenvalue weighted by atomic mass is 35.5. The normalized spacial score (nSPS) is 23.7. The van der Waals surface area contributed by atoms with Crippen molar-refractivity contribution in [2.75, 3.05) is 24.5 Å². The number of nitrogens with zero attached hydrogens (tertiary/aromatic N) is 4. The Morgan fingerprint density at radius 3 is 2.51 bits per heavy atom. The molecule has 8 nitrogen and oxygen atoms in total. The third kappa shape index (κ3) is 4.62. The average Bonchev–Trinajstić information content (AvgIpc) is 3.69. The number of fused-ring (bicyclic) bond motifs is 2. The Balaban J connectivity index is 1.11. The monoisotopic (exact) mass is 585 g/mol. The number of nitrogens with one attached hydrogen (secondary N) is 1. The molecule has 0 bridgehead atoms. The molecule has 2 aromatic rings. The summed E-state index contributed by atoms with van der Waals surface area (Å²) >= 11 is 5.88. The topological polar surface area (TPSA) is 106 Å². The molecule has 2 saturated carbocycles. The van der Waals surface area contributed by atoms with Crippen molar-refractivity contribution in [1.29, 1.82) is 5.26 Å². The van der Waals surface area contributed by atoms with Crippen LogP contribution in [0, 0.1) is 28.5 Å². The van der Waals surface area contributed by atoms with Crippen molar-refractivity contribution in [3.05, 3.63) is 58.1 Å². The number of anilines is 1. The Kier molecular flexibility index (Phi) is 6.72. The van der Waals surface area contributed by atoms with Crippen molar-refractivity contribution in [2.45, 2.75) is 56.4 Å². The summed E-state index contributed by atoms with van der Waals surface area (Å²) in [6, 6.07) is 7.35. The first kappa shape index (κ1) is 27.5. The minimum Gasteiger partial charge on any atom is -0.349 e. The second-order valence-electron chi connectivity index (χ2n) is 11.6. The molecule has 1 spiro atoms. The maximum absolute atomic E-state index is 14.3. The summed E-state index contributed by atoms with van der Waals surface area (Å²) < 4.78 is 41.0. The summed E-state index contributed by atoms with van der Waals surface area (Å²) in [4.78, 5) is 46.2. The van der Waals surface area contributed by atoms with Gasteiger partial charge in [-0.05, 0) is 68.2 Å². The molecule has 1 saturated heterocycles. The lowest BCUT2D eigenvalue weighted by atomic mass is 9.74. The van der Waals surface area contributed by atoms with E-state index in [4.69, 9.17) is 11.6 Å². The van der Waals surface area contributed by atoms with Crippen molar-refractivity contribution in [3.63, 3.8) is 0 Å². The molecular weight excluding hydrogens is 559 g/mol. The van der Waals surface area contributed by atoms with E-state index in [1.165, 1.54) is 18.2 Å². The van der Waals surface area contributed by atoms with E-state index in [0.29, 0.717) is 56.3 Å². The highest BCUT2D eigenvalue weighted by Crippen LogP contribution is 2.52. The number of alkyl halides is 2. The summed E-state index contributed by atoms with van der Waals surface area (Å²) in [5.41, 5.74) is -1.58. The standard InChI is InChI=1S/C29H27ClF3N5O3/c30-17-9-20(23(24(32)33)35-11-17)25(39)36-19-4-1-16(2-5-19)12-38-22-10-18(31)3-6-21(22)29(27(38)41)14-37(15-29)26(40)28(13-34)7-8-28/h3,6,9-11,16,19,24H,1-2,4-5,7-8,12,14-15H2,(H,36,39). The Labute approximate surface area is 239 Å². The van der Waals surface area contributed by atoms with Crippen molar-refractivity contribution in [1.82, 2.24) is 15.2 Å². The van der Waals surface area contributed by atoms with E-state index < -0.39 is 34.7 Å². The lowest BCUT2D eigenvalue weighted by Crippen LogP contribution is -2.66. The van der Waals surface area contributed by atoms with Crippen LogP contribution in [0.4, 0.5) is 18.9 Å². The molecule has 0 unspecified atom stereocenters. The van der Waals surface area contributed by atoms with Gasteiger partial charge in [0, 0.05) is 31.9 Å². The second kappa shape index (κ2) is 10.0. The number of halogens is 4. The summed E-state index contributed by atoms with van der Waals surface area (Å²) in [5, 5.41) is 12.3. The van der Waals surface area contributed by atoms with Crippen LogP contribution in [0.2, 0.25) is 5.02 Å². The molecule has 1 N–H and O–H groups in total. The maximum Gasteiger partial charge on any atom is 0.281 e. The van der Waals surface area contributed by atoms with Crippen LogP contribution >= 0.6 is 11.6 Å². The smallest absolute Gasteiger partial charge is 0.281 e. The Hall–Kier alpha value is -3.65. The molecule has 2 aliphatic carbocycles. The quantitative estimate of drug-likeness (QED) is 0.536. The Bertz CT molecular complexity index is 1480. The number of amides is 3. The third-order valence-corrected chi connectivity index (χ3v) is 9.17. The molecule has 6 rings (SSSR count). The predicted octanol–water partition coefficient (Wildman–Crippen LogP) is 4.53. The summed E-state index contributed by atoms with van der Waals surface area (Å²) in [5.74, 6) is -1.46. The zero-order valence-electron chi connectivity index (χ0n) is 22.0. The van der Waals surface area contributed by atoms with Crippen LogP contribution in [0.25, 0.3) is 0 Å². The van der Waals surface area contributed by atoms with Gasteiger partial charge in [0.15, 0.2) is 0 Å². The van der Waals surface area contributed by atoms with Crippen LogP contribution < -0.4 is 10.2 Å². The number of likely N-dealkylation sites (tertiary alicyclic amines) is 1. The lowest BCUT2D eigenvalue weighted by molar-refractivity contribution is -0.147. The zero-order chi connectivity index (χ0) is 29.1. The van der Waals surface area contributed by atoms with Crippen molar-refractivity contribution >= 4 is 35.0 Å². The number of rotatable bonds is 6. The third-order valence-electron chi connectivity index (χ3n) is 8.96.